The minimum absolute atomic E-state index is 0.0542. The van der Waals surface area contributed by atoms with Gasteiger partial charge in [-0.3, -0.25) is 4.79 Å². The standard InChI is InChI=1S/C13H12BrN3O2S/c1-2-5-19-11-4-3-10(14)6-9(11)7-15-17-13-16-12(18)8-20-13/h2-4,6-7H,1,5,8H2,(H,16,17,18). The Labute approximate surface area is 129 Å². The van der Waals surface area contributed by atoms with Gasteiger partial charge in [0, 0.05) is 10.0 Å². The Morgan fingerprint density at radius 3 is 3.10 bits per heavy atom. The van der Waals surface area contributed by atoms with Crippen molar-refractivity contribution >= 4 is 45.0 Å². The van der Waals surface area contributed by atoms with Gasteiger partial charge in [0.25, 0.3) is 0 Å². The number of benzene rings is 1. The van der Waals surface area contributed by atoms with E-state index in [1.165, 1.54) is 11.8 Å². The Kier molecular flexibility index (Phi) is 5.37. The van der Waals surface area contributed by atoms with Crippen LogP contribution in [0, 0.1) is 0 Å². The lowest BCUT2D eigenvalue weighted by molar-refractivity contribution is -0.116. The van der Waals surface area contributed by atoms with E-state index < -0.39 is 0 Å². The Morgan fingerprint density at radius 2 is 2.40 bits per heavy atom. The summed E-state index contributed by atoms with van der Waals surface area (Å²) < 4.78 is 6.45. The largest absolute Gasteiger partial charge is 0.489 e. The van der Waals surface area contributed by atoms with E-state index in [2.05, 4.69) is 38.0 Å². The lowest BCUT2D eigenvalue weighted by Crippen LogP contribution is -2.19. The molecule has 0 unspecified atom stereocenters. The minimum atomic E-state index is -0.0542. The molecule has 1 aromatic carbocycles. The SMILES string of the molecule is C=CCOc1ccc(Br)cc1C=NN=C1NC(=O)CS1. The predicted molar refractivity (Wildman–Crippen MR) is 85.5 cm³/mol. The van der Waals surface area contributed by atoms with Gasteiger partial charge in [0.15, 0.2) is 5.17 Å². The summed E-state index contributed by atoms with van der Waals surface area (Å²) in [5.41, 5.74) is 0.792. The number of hydrogen-bond acceptors (Lipinski definition) is 5. The number of amidine groups is 1. The number of rotatable bonds is 5. The molecule has 0 saturated carbocycles. The molecule has 5 nitrogen and oxygen atoms in total. The molecule has 0 atom stereocenters. The zero-order chi connectivity index (χ0) is 14.4. The maximum Gasteiger partial charge on any atom is 0.236 e. The first-order chi connectivity index (χ1) is 9.69. The smallest absolute Gasteiger partial charge is 0.236 e. The first kappa shape index (κ1) is 14.8. The summed E-state index contributed by atoms with van der Waals surface area (Å²) in [5.74, 6) is 1.03. The van der Waals surface area contributed by atoms with Crippen LogP contribution >= 0.6 is 27.7 Å². The molecule has 0 aliphatic carbocycles. The van der Waals surface area contributed by atoms with Crippen molar-refractivity contribution in [3.05, 3.63) is 40.9 Å². The normalized spacial score (nSPS) is 16.6. The van der Waals surface area contributed by atoms with Crippen molar-refractivity contribution in [2.45, 2.75) is 0 Å². The van der Waals surface area contributed by atoms with Gasteiger partial charge < -0.3 is 10.1 Å². The lowest BCUT2D eigenvalue weighted by Gasteiger charge is -2.06. The molecule has 1 fully saturated rings. The number of thioether (sulfide) groups is 1. The Bertz CT molecular complexity index is 587. The molecule has 1 amide bonds. The molecule has 1 aliphatic rings. The summed E-state index contributed by atoms with van der Waals surface area (Å²) in [6.07, 6.45) is 3.26. The fourth-order valence-corrected chi connectivity index (χ4v) is 2.43. The summed E-state index contributed by atoms with van der Waals surface area (Å²) in [6, 6.07) is 5.60. The van der Waals surface area contributed by atoms with Crippen molar-refractivity contribution in [3.63, 3.8) is 0 Å². The van der Waals surface area contributed by atoms with Crippen LogP contribution in [0.5, 0.6) is 5.75 Å². The van der Waals surface area contributed by atoms with Crippen LogP contribution in [0.4, 0.5) is 0 Å². The van der Waals surface area contributed by atoms with E-state index in [-0.39, 0.29) is 5.91 Å². The van der Waals surface area contributed by atoms with Gasteiger partial charge in [0.2, 0.25) is 5.91 Å². The number of hydrogen-bond donors (Lipinski definition) is 1. The molecular weight excluding hydrogens is 342 g/mol. The van der Waals surface area contributed by atoms with Gasteiger partial charge in [-0.1, -0.05) is 40.3 Å². The highest BCUT2D eigenvalue weighted by Crippen LogP contribution is 2.22. The zero-order valence-corrected chi connectivity index (χ0v) is 12.9. The lowest BCUT2D eigenvalue weighted by atomic mass is 10.2. The van der Waals surface area contributed by atoms with Crippen molar-refractivity contribution in [2.24, 2.45) is 10.2 Å². The maximum atomic E-state index is 11.0. The van der Waals surface area contributed by atoms with Crippen LogP contribution in [0.15, 0.2) is 45.5 Å². The van der Waals surface area contributed by atoms with Crippen LogP contribution in [0.2, 0.25) is 0 Å². The van der Waals surface area contributed by atoms with E-state index in [4.69, 9.17) is 4.74 Å². The molecule has 1 heterocycles. The molecule has 2 rings (SSSR count). The first-order valence-electron chi connectivity index (χ1n) is 5.76. The number of ether oxygens (including phenoxy) is 1. The molecule has 0 bridgehead atoms. The molecular formula is C13H12BrN3O2S. The third-order valence-corrected chi connectivity index (χ3v) is 3.62. The fraction of sp³-hybridized carbons (Fsp3) is 0.154. The van der Waals surface area contributed by atoms with Crippen LogP contribution in [0.1, 0.15) is 5.56 Å². The molecule has 0 spiro atoms. The molecule has 0 radical (unpaired) electrons. The number of nitrogens with zero attached hydrogens (tertiary/aromatic N) is 2. The van der Waals surface area contributed by atoms with E-state index in [9.17, 15) is 4.79 Å². The summed E-state index contributed by atoms with van der Waals surface area (Å²) in [4.78, 5) is 11.0. The molecule has 1 saturated heterocycles. The molecule has 1 aromatic rings. The topological polar surface area (TPSA) is 63.1 Å². The minimum Gasteiger partial charge on any atom is -0.489 e. The van der Waals surface area contributed by atoms with Gasteiger partial charge in [-0.15, -0.1) is 5.10 Å². The van der Waals surface area contributed by atoms with Gasteiger partial charge in [-0.2, -0.15) is 5.10 Å². The van der Waals surface area contributed by atoms with Crippen LogP contribution in [0.3, 0.4) is 0 Å². The number of carbonyl (C=O) groups is 1. The van der Waals surface area contributed by atoms with Gasteiger partial charge in [0.05, 0.1) is 12.0 Å². The quantitative estimate of drug-likeness (QED) is 0.502. The van der Waals surface area contributed by atoms with E-state index in [0.29, 0.717) is 23.3 Å². The average Bonchev–Trinajstić information content (AvgIpc) is 2.84. The molecule has 1 aliphatic heterocycles. The molecule has 0 aromatic heterocycles. The summed E-state index contributed by atoms with van der Waals surface area (Å²) in [7, 11) is 0. The fourth-order valence-electron chi connectivity index (χ4n) is 1.42. The Balaban J connectivity index is 2.12. The van der Waals surface area contributed by atoms with Crippen molar-refractivity contribution in [3.8, 4) is 5.75 Å². The number of carbonyl (C=O) groups excluding carboxylic acids is 1. The monoisotopic (exact) mass is 353 g/mol. The van der Waals surface area contributed by atoms with Crippen molar-refractivity contribution in [1.82, 2.24) is 5.32 Å². The molecule has 104 valence electrons. The second kappa shape index (κ2) is 7.25. The van der Waals surface area contributed by atoms with Crippen LogP contribution in [-0.2, 0) is 4.79 Å². The number of halogens is 1. The maximum absolute atomic E-state index is 11.0. The van der Waals surface area contributed by atoms with Crippen molar-refractivity contribution in [2.75, 3.05) is 12.4 Å². The van der Waals surface area contributed by atoms with E-state index in [1.807, 2.05) is 18.2 Å². The Morgan fingerprint density at radius 1 is 1.55 bits per heavy atom. The van der Waals surface area contributed by atoms with Crippen LogP contribution in [0.25, 0.3) is 0 Å². The summed E-state index contributed by atoms with van der Waals surface area (Å²) >= 11 is 4.72. The number of nitrogens with one attached hydrogen (secondary N) is 1. The van der Waals surface area contributed by atoms with E-state index in [1.54, 1.807) is 12.3 Å². The average molecular weight is 354 g/mol. The van der Waals surface area contributed by atoms with E-state index >= 15 is 0 Å². The van der Waals surface area contributed by atoms with Crippen molar-refractivity contribution < 1.29 is 9.53 Å². The van der Waals surface area contributed by atoms with Gasteiger partial charge in [-0.25, -0.2) is 0 Å². The molecule has 1 N–H and O–H groups in total. The number of amides is 1. The van der Waals surface area contributed by atoms with Gasteiger partial charge in [0.1, 0.15) is 12.4 Å². The Hall–Kier alpha value is -1.60. The molecule has 20 heavy (non-hydrogen) atoms. The second-order valence-corrected chi connectivity index (χ2v) is 5.65. The first-order valence-corrected chi connectivity index (χ1v) is 7.54. The molecule has 7 heteroatoms. The third-order valence-electron chi connectivity index (χ3n) is 2.26. The zero-order valence-electron chi connectivity index (χ0n) is 10.5. The van der Waals surface area contributed by atoms with Gasteiger partial charge >= 0.3 is 0 Å². The van der Waals surface area contributed by atoms with Gasteiger partial charge in [-0.05, 0) is 18.2 Å². The highest BCUT2D eigenvalue weighted by molar-refractivity contribution is 9.10. The van der Waals surface area contributed by atoms with Crippen LogP contribution in [-0.4, -0.2) is 29.6 Å². The third kappa shape index (κ3) is 4.21. The van der Waals surface area contributed by atoms with Crippen LogP contribution < -0.4 is 10.1 Å². The second-order valence-electron chi connectivity index (χ2n) is 3.77. The highest BCUT2D eigenvalue weighted by Gasteiger charge is 2.15. The predicted octanol–water partition coefficient (Wildman–Crippen LogP) is 2.57. The highest BCUT2D eigenvalue weighted by atomic mass is 79.9. The van der Waals surface area contributed by atoms with E-state index in [0.717, 1.165) is 10.0 Å². The van der Waals surface area contributed by atoms with Crippen molar-refractivity contribution in [1.29, 1.82) is 0 Å². The summed E-state index contributed by atoms with van der Waals surface area (Å²) in [6.45, 7) is 4.03. The summed E-state index contributed by atoms with van der Waals surface area (Å²) in [5, 5.41) is 11.0.